The van der Waals surface area contributed by atoms with Crippen LogP contribution in [0.3, 0.4) is 0 Å². The quantitative estimate of drug-likeness (QED) is 0.504. The molecule has 0 saturated heterocycles. The highest BCUT2D eigenvalue weighted by Crippen LogP contribution is 2.32. The molecule has 2 aromatic rings. The molecule has 1 aromatic heterocycles. The van der Waals surface area contributed by atoms with Crippen molar-refractivity contribution in [1.82, 2.24) is 0 Å². The van der Waals surface area contributed by atoms with Crippen LogP contribution in [0.4, 0.5) is 13.2 Å². The van der Waals surface area contributed by atoms with Crippen molar-refractivity contribution in [2.24, 2.45) is 5.16 Å². The lowest BCUT2D eigenvalue weighted by Gasteiger charge is -2.07. The number of nitrogens with zero attached hydrogens (tertiary/aromatic N) is 1. The average molecular weight is 255 g/mol. The van der Waals surface area contributed by atoms with Crippen LogP contribution in [0, 0.1) is 0 Å². The normalized spacial score (nSPS) is 12.2. The molecule has 1 aromatic carbocycles. The molecule has 0 aliphatic heterocycles. The minimum absolute atomic E-state index is 0.255. The lowest BCUT2D eigenvalue weighted by molar-refractivity contribution is -0.137. The van der Waals surface area contributed by atoms with E-state index >= 15 is 0 Å². The van der Waals surface area contributed by atoms with Gasteiger partial charge < -0.3 is 9.62 Å². The molecule has 2 rings (SSSR count). The molecule has 0 atom stereocenters. The van der Waals surface area contributed by atoms with Crippen LogP contribution in [0.1, 0.15) is 11.3 Å². The van der Waals surface area contributed by atoms with Gasteiger partial charge in [0, 0.05) is 5.56 Å². The van der Waals surface area contributed by atoms with Gasteiger partial charge in [0.2, 0.25) is 0 Å². The summed E-state index contributed by atoms with van der Waals surface area (Å²) in [6, 6.07) is 7.80. The van der Waals surface area contributed by atoms with Gasteiger partial charge in [-0.05, 0) is 24.3 Å². The first-order chi connectivity index (χ1) is 8.50. The van der Waals surface area contributed by atoms with Gasteiger partial charge in [0.15, 0.2) is 0 Å². The van der Waals surface area contributed by atoms with E-state index in [0.29, 0.717) is 5.56 Å². The van der Waals surface area contributed by atoms with Crippen LogP contribution in [0.2, 0.25) is 0 Å². The molecule has 1 heterocycles. The topological polar surface area (TPSA) is 45.7 Å². The summed E-state index contributed by atoms with van der Waals surface area (Å²) in [6.07, 6.45) is -3.34. The Morgan fingerprint density at radius 3 is 2.61 bits per heavy atom. The molecule has 0 amide bonds. The molecule has 0 radical (unpaired) electrons. The van der Waals surface area contributed by atoms with Crippen molar-refractivity contribution in [3.63, 3.8) is 0 Å². The van der Waals surface area contributed by atoms with Crippen molar-refractivity contribution < 1.29 is 22.8 Å². The van der Waals surface area contributed by atoms with E-state index in [9.17, 15) is 13.2 Å². The van der Waals surface area contributed by atoms with Crippen LogP contribution in [-0.4, -0.2) is 11.4 Å². The second-order valence-corrected chi connectivity index (χ2v) is 3.53. The molecule has 1 N–H and O–H groups in total. The van der Waals surface area contributed by atoms with E-state index in [4.69, 9.17) is 9.62 Å². The van der Waals surface area contributed by atoms with Crippen LogP contribution in [0.15, 0.2) is 46.0 Å². The van der Waals surface area contributed by atoms with E-state index in [0.717, 1.165) is 18.3 Å². The number of oxime groups is 1. The molecule has 0 bridgehead atoms. The van der Waals surface area contributed by atoms with Crippen molar-refractivity contribution >= 4 is 6.21 Å². The number of furan rings is 1. The van der Waals surface area contributed by atoms with Crippen molar-refractivity contribution in [2.45, 2.75) is 6.18 Å². The third-order valence-electron chi connectivity index (χ3n) is 2.29. The summed E-state index contributed by atoms with van der Waals surface area (Å²) in [4.78, 5) is 0. The largest absolute Gasteiger partial charge is 0.455 e. The van der Waals surface area contributed by atoms with Crippen LogP contribution in [0.5, 0.6) is 0 Å². The fraction of sp³-hybridized carbons (Fsp3) is 0.0833. The van der Waals surface area contributed by atoms with Gasteiger partial charge in [0.1, 0.15) is 17.7 Å². The summed E-state index contributed by atoms with van der Waals surface area (Å²) in [7, 11) is 0. The summed E-state index contributed by atoms with van der Waals surface area (Å²) in [5, 5.41) is 11.1. The maximum atomic E-state index is 12.5. The predicted molar refractivity (Wildman–Crippen MR) is 58.5 cm³/mol. The predicted octanol–water partition coefficient (Wildman–Crippen LogP) is 3.77. The van der Waals surface area contributed by atoms with E-state index < -0.39 is 11.7 Å². The SMILES string of the molecule is O/N=C/c1ccc(-c2cccc(C(F)(F)F)c2)o1. The Hall–Kier alpha value is -2.24. The number of halogens is 3. The van der Waals surface area contributed by atoms with Crippen molar-refractivity contribution in [3.8, 4) is 11.3 Å². The van der Waals surface area contributed by atoms with Gasteiger partial charge >= 0.3 is 6.18 Å². The fourth-order valence-electron chi connectivity index (χ4n) is 1.48. The van der Waals surface area contributed by atoms with Crippen molar-refractivity contribution in [2.75, 3.05) is 0 Å². The number of hydrogen-bond acceptors (Lipinski definition) is 3. The Kier molecular flexibility index (Phi) is 3.10. The molecule has 0 spiro atoms. The fourth-order valence-corrected chi connectivity index (χ4v) is 1.48. The zero-order valence-corrected chi connectivity index (χ0v) is 8.98. The smallest absolute Gasteiger partial charge is 0.416 e. The van der Waals surface area contributed by atoms with Gasteiger partial charge in [0.05, 0.1) is 5.56 Å². The van der Waals surface area contributed by atoms with Gasteiger partial charge in [-0.25, -0.2) is 0 Å². The van der Waals surface area contributed by atoms with Gasteiger partial charge in [0.25, 0.3) is 0 Å². The molecule has 18 heavy (non-hydrogen) atoms. The molecule has 0 aliphatic carbocycles. The van der Waals surface area contributed by atoms with Crippen molar-refractivity contribution in [1.29, 1.82) is 0 Å². The summed E-state index contributed by atoms with van der Waals surface area (Å²) in [6.45, 7) is 0. The number of benzene rings is 1. The first-order valence-electron chi connectivity index (χ1n) is 4.95. The average Bonchev–Trinajstić information content (AvgIpc) is 2.77. The van der Waals surface area contributed by atoms with Crippen LogP contribution >= 0.6 is 0 Å². The van der Waals surface area contributed by atoms with E-state index in [-0.39, 0.29) is 11.5 Å². The molecule has 3 nitrogen and oxygen atoms in total. The van der Waals surface area contributed by atoms with Crippen LogP contribution in [0.25, 0.3) is 11.3 Å². The zero-order chi connectivity index (χ0) is 13.2. The standard InChI is InChI=1S/C12H8F3NO2/c13-12(14,15)9-3-1-2-8(6-9)11-5-4-10(18-11)7-16-17/h1-7,17H/b16-7+. The molecule has 0 fully saturated rings. The van der Waals surface area contributed by atoms with E-state index in [1.54, 1.807) is 0 Å². The lowest BCUT2D eigenvalue weighted by atomic mass is 10.1. The molecule has 0 unspecified atom stereocenters. The highest BCUT2D eigenvalue weighted by Gasteiger charge is 2.30. The third kappa shape index (κ3) is 2.53. The molecular formula is C12H8F3NO2. The monoisotopic (exact) mass is 255 g/mol. The zero-order valence-electron chi connectivity index (χ0n) is 8.98. The second kappa shape index (κ2) is 4.56. The summed E-state index contributed by atoms with van der Waals surface area (Å²) in [5.41, 5.74) is -0.434. The Balaban J connectivity index is 2.38. The number of alkyl halides is 3. The lowest BCUT2D eigenvalue weighted by Crippen LogP contribution is -2.04. The minimum Gasteiger partial charge on any atom is -0.455 e. The van der Waals surface area contributed by atoms with E-state index in [1.165, 1.54) is 24.3 Å². The Morgan fingerprint density at radius 2 is 1.94 bits per heavy atom. The highest BCUT2D eigenvalue weighted by molar-refractivity contribution is 5.76. The summed E-state index contributed by atoms with van der Waals surface area (Å²) >= 11 is 0. The molecule has 0 saturated carbocycles. The highest BCUT2D eigenvalue weighted by atomic mass is 19.4. The second-order valence-electron chi connectivity index (χ2n) is 3.53. The Morgan fingerprint density at radius 1 is 1.17 bits per heavy atom. The van der Waals surface area contributed by atoms with Gasteiger partial charge in [-0.15, -0.1) is 0 Å². The number of hydrogen-bond donors (Lipinski definition) is 1. The van der Waals surface area contributed by atoms with E-state index in [2.05, 4.69) is 5.16 Å². The van der Waals surface area contributed by atoms with Crippen LogP contribution in [-0.2, 0) is 6.18 Å². The first-order valence-corrected chi connectivity index (χ1v) is 4.95. The van der Waals surface area contributed by atoms with Crippen LogP contribution < -0.4 is 0 Å². The van der Waals surface area contributed by atoms with Gasteiger partial charge in [-0.3, -0.25) is 0 Å². The molecule has 94 valence electrons. The summed E-state index contributed by atoms with van der Waals surface area (Å²) < 4.78 is 42.8. The molecular weight excluding hydrogens is 247 g/mol. The maximum absolute atomic E-state index is 12.5. The molecule has 6 heteroatoms. The van der Waals surface area contributed by atoms with Gasteiger partial charge in [-0.1, -0.05) is 17.3 Å². The van der Waals surface area contributed by atoms with E-state index in [1.807, 2.05) is 0 Å². The van der Waals surface area contributed by atoms with Gasteiger partial charge in [-0.2, -0.15) is 13.2 Å². The number of rotatable bonds is 2. The molecule has 0 aliphatic rings. The summed E-state index contributed by atoms with van der Waals surface area (Å²) in [5.74, 6) is 0.529. The maximum Gasteiger partial charge on any atom is 0.416 e. The minimum atomic E-state index is -4.39. The Bertz CT molecular complexity index is 573. The first kappa shape index (κ1) is 12.2. The Labute approximate surface area is 100 Å². The van der Waals surface area contributed by atoms with Crippen molar-refractivity contribution in [3.05, 3.63) is 47.7 Å². The third-order valence-corrected chi connectivity index (χ3v) is 2.29.